The zero-order chi connectivity index (χ0) is 18.9. The van der Waals surface area contributed by atoms with Crippen LogP contribution >= 0.6 is 11.3 Å². The summed E-state index contributed by atoms with van der Waals surface area (Å²) in [7, 11) is -5.38. The fraction of sp³-hybridized carbons (Fsp3) is 0.438. The molecule has 0 spiro atoms. The molecule has 2 heterocycles. The highest BCUT2D eigenvalue weighted by atomic mass is 32.2. The van der Waals surface area contributed by atoms with Gasteiger partial charge in [-0.3, -0.25) is 0 Å². The molecule has 1 fully saturated rings. The number of hydrogen-bond acceptors (Lipinski definition) is 6. The third kappa shape index (κ3) is 3.80. The lowest BCUT2D eigenvalue weighted by molar-refractivity contribution is -0.0435. The van der Waals surface area contributed by atoms with Crippen molar-refractivity contribution in [1.29, 1.82) is 0 Å². The Hall–Kier alpha value is -1.81. The van der Waals surface area contributed by atoms with Gasteiger partial charge < -0.3 is 10.2 Å². The molecule has 1 aromatic carbocycles. The van der Waals surface area contributed by atoms with E-state index in [-0.39, 0.29) is 11.7 Å². The monoisotopic (exact) mass is 405 g/mol. The van der Waals surface area contributed by atoms with Gasteiger partial charge >= 0.3 is 5.51 Å². The van der Waals surface area contributed by atoms with Gasteiger partial charge in [0.1, 0.15) is 0 Å². The molecule has 0 amide bonds. The van der Waals surface area contributed by atoms with Crippen molar-refractivity contribution in [2.24, 2.45) is 0 Å². The number of aromatic nitrogens is 1. The first-order chi connectivity index (χ1) is 12.2. The zero-order valence-corrected chi connectivity index (χ0v) is 15.6. The highest BCUT2D eigenvalue weighted by Gasteiger charge is 2.48. The summed E-state index contributed by atoms with van der Waals surface area (Å²) in [4.78, 5) is 5.36. The van der Waals surface area contributed by atoms with Crippen molar-refractivity contribution >= 4 is 32.0 Å². The van der Waals surface area contributed by atoms with Gasteiger partial charge in [0.05, 0.1) is 16.3 Å². The van der Waals surface area contributed by atoms with Crippen LogP contribution in [0.1, 0.15) is 18.5 Å². The third-order valence-electron chi connectivity index (χ3n) is 4.24. The number of rotatable bonds is 4. The maximum absolute atomic E-state index is 13.0. The van der Waals surface area contributed by atoms with Crippen molar-refractivity contribution in [3.8, 4) is 0 Å². The Morgan fingerprint density at radius 3 is 2.46 bits per heavy atom. The van der Waals surface area contributed by atoms with E-state index >= 15 is 0 Å². The van der Waals surface area contributed by atoms with Crippen molar-refractivity contribution in [3.05, 3.63) is 35.3 Å². The molecule has 0 bridgehead atoms. The molecule has 1 aromatic heterocycles. The molecule has 3 rings (SSSR count). The van der Waals surface area contributed by atoms with E-state index in [0.29, 0.717) is 25.9 Å². The Bertz CT molecular complexity index is 873. The van der Waals surface area contributed by atoms with Gasteiger partial charge in [0.25, 0.3) is 9.84 Å². The number of benzene rings is 1. The minimum absolute atomic E-state index is 0.105. The van der Waals surface area contributed by atoms with Crippen molar-refractivity contribution in [2.75, 3.05) is 23.3 Å². The number of nitrogens with one attached hydrogen (secondary N) is 1. The number of anilines is 2. The molecule has 26 heavy (non-hydrogen) atoms. The van der Waals surface area contributed by atoms with Crippen LogP contribution in [0.4, 0.5) is 24.0 Å². The molecule has 1 aliphatic rings. The number of piperidine rings is 1. The molecule has 1 saturated heterocycles. The lowest BCUT2D eigenvalue weighted by atomic mass is 10.0. The second kappa shape index (κ2) is 7.07. The molecule has 1 aliphatic heterocycles. The summed E-state index contributed by atoms with van der Waals surface area (Å²) in [6.45, 7) is 2.83. The largest absolute Gasteiger partial charge is 0.501 e. The highest BCUT2D eigenvalue weighted by Crippen LogP contribution is 2.36. The van der Waals surface area contributed by atoms with Crippen LogP contribution in [-0.4, -0.2) is 38.0 Å². The van der Waals surface area contributed by atoms with Crippen LogP contribution < -0.4 is 10.2 Å². The van der Waals surface area contributed by atoms with Gasteiger partial charge in [-0.1, -0.05) is 12.1 Å². The van der Waals surface area contributed by atoms with Gasteiger partial charge in [-0.05, 0) is 31.9 Å². The molecule has 0 atom stereocenters. The van der Waals surface area contributed by atoms with Crippen LogP contribution in [0, 0.1) is 6.92 Å². The van der Waals surface area contributed by atoms with Crippen molar-refractivity contribution in [3.63, 3.8) is 0 Å². The molecule has 10 heteroatoms. The molecule has 5 nitrogen and oxygen atoms in total. The van der Waals surface area contributed by atoms with E-state index in [1.165, 1.54) is 23.5 Å². The van der Waals surface area contributed by atoms with Gasteiger partial charge in [0.2, 0.25) is 0 Å². The Morgan fingerprint density at radius 2 is 1.88 bits per heavy atom. The standard InChI is InChI=1S/C16H18F3N3O2S2/c1-11-10-25-15(20-11)21-12-6-8-22(9-7-12)13-4-2-3-5-14(13)26(23,24)16(17,18)19/h2-5,10,12H,6-9H2,1H3,(H,20,21). The second-order valence-corrected chi connectivity index (χ2v) is 8.88. The Morgan fingerprint density at radius 1 is 1.23 bits per heavy atom. The summed E-state index contributed by atoms with van der Waals surface area (Å²) in [5.74, 6) is 0. The van der Waals surface area contributed by atoms with Gasteiger partial charge in [0.15, 0.2) is 5.13 Å². The van der Waals surface area contributed by atoms with Crippen LogP contribution in [0.25, 0.3) is 0 Å². The summed E-state index contributed by atoms with van der Waals surface area (Å²) >= 11 is 1.51. The fourth-order valence-corrected chi connectivity index (χ4v) is 4.68. The lowest BCUT2D eigenvalue weighted by Gasteiger charge is -2.34. The smallest absolute Gasteiger partial charge is 0.370 e. The molecule has 142 valence electrons. The Labute approximate surface area is 153 Å². The van der Waals surface area contributed by atoms with E-state index in [2.05, 4.69) is 10.3 Å². The minimum atomic E-state index is -5.38. The highest BCUT2D eigenvalue weighted by molar-refractivity contribution is 7.92. The molecule has 0 saturated carbocycles. The number of nitrogens with zero attached hydrogens (tertiary/aromatic N) is 2. The Kier molecular flexibility index (Phi) is 5.16. The molecule has 2 aromatic rings. The molecular formula is C16H18F3N3O2S2. The van der Waals surface area contributed by atoms with E-state index in [1.807, 2.05) is 12.3 Å². The number of sulfone groups is 1. The molecule has 1 N–H and O–H groups in total. The predicted molar refractivity (Wildman–Crippen MR) is 95.4 cm³/mol. The first-order valence-corrected chi connectivity index (χ1v) is 10.4. The number of alkyl halides is 3. The SMILES string of the molecule is Cc1csc(NC2CCN(c3ccccc3S(=O)(=O)C(F)(F)F)CC2)n1. The quantitative estimate of drug-likeness (QED) is 0.838. The normalized spacial score (nSPS) is 16.7. The summed E-state index contributed by atoms with van der Waals surface area (Å²) in [5, 5.41) is 6.09. The van der Waals surface area contributed by atoms with Crippen molar-refractivity contribution in [1.82, 2.24) is 4.98 Å². The lowest BCUT2D eigenvalue weighted by Crippen LogP contribution is -2.40. The van der Waals surface area contributed by atoms with Crippen LogP contribution in [0.2, 0.25) is 0 Å². The van der Waals surface area contributed by atoms with E-state index in [1.54, 1.807) is 11.0 Å². The van der Waals surface area contributed by atoms with Crippen LogP contribution in [0.3, 0.4) is 0 Å². The molecule has 0 aliphatic carbocycles. The number of thiazole rings is 1. The summed E-state index contributed by atoms with van der Waals surface area (Å²) in [5.41, 5.74) is -4.28. The summed E-state index contributed by atoms with van der Waals surface area (Å²) in [6.07, 6.45) is 1.36. The van der Waals surface area contributed by atoms with E-state index < -0.39 is 20.2 Å². The summed E-state index contributed by atoms with van der Waals surface area (Å²) < 4.78 is 62.6. The van der Waals surface area contributed by atoms with E-state index in [9.17, 15) is 21.6 Å². The maximum Gasteiger partial charge on any atom is 0.501 e. The van der Waals surface area contributed by atoms with Crippen LogP contribution in [0.5, 0.6) is 0 Å². The van der Waals surface area contributed by atoms with Crippen molar-refractivity contribution < 1.29 is 21.6 Å². The summed E-state index contributed by atoms with van der Waals surface area (Å²) in [6, 6.07) is 5.45. The van der Waals surface area contributed by atoms with Gasteiger partial charge in [-0.25, -0.2) is 13.4 Å². The van der Waals surface area contributed by atoms with Gasteiger partial charge in [-0.15, -0.1) is 11.3 Å². The van der Waals surface area contributed by atoms with Gasteiger partial charge in [-0.2, -0.15) is 13.2 Å². The van der Waals surface area contributed by atoms with Crippen LogP contribution in [-0.2, 0) is 9.84 Å². The average Bonchev–Trinajstić information content (AvgIpc) is 2.99. The fourth-order valence-electron chi connectivity index (χ4n) is 2.93. The number of halogens is 3. The second-order valence-electron chi connectivity index (χ2n) is 6.12. The van der Waals surface area contributed by atoms with E-state index in [0.717, 1.165) is 16.9 Å². The van der Waals surface area contributed by atoms with Crippen molar-refractivity contribution in [2.45, 2.75) is 36.2 Å². The average molecular weight is 405 g/mol. The first kappa shape index (κ1) is 19.0. The molecule has 0 radical (unpaired) electrons. The number of hydrogen-bond donors (Lipinski definition) is 1. The number of para-hydroxylation sites is 1. The topological polar surface area (TPSA) is 62.3 Å². The third-order valence-corrected chi connectivity index (χ3v) is 6.67. The predicted octanol–water partition coefficient (Wildman–Crippen LogP) is 3.83. The zero-order valence-electron chi connectivity index (χ0n) is 14.0. The van der Waals surface area contributed by atoms with E-state index in [4.69, 9.17) is 0 Å². The van der Waals surface area contributed by atoms with Crippen LogP contribution in [0.15, 0.2) is 34.5 Å². The van der Waals surface area contributed by atoms with Gasteiger partial charge in [0, 0.05) is 24.5 Å². The first-order valence-electron chi connectivity index (χ1n) is 8.02. The molecular weight excluding hydrogens is 387 g/mol. The Balaban J connectivity index is 1.74. The maximum atomic E-state index is 13.0. The minimum Gasteiger partial charge on any atom is -0.370 e. The molecule has 0 unspecified atom stereocenters. The number of aryl methyl sites for hydroxylation is 1.